The molecule has 0 bridgehead atoms. The molecule has 0 heterocycles. The minimum atomic E-state index is -0.971. The second-order valence-corrected chi connectivity index (χ2v) is 14.1. The van der Waals surface area contributed by atoms with Gasteiger partial charge in [-0.1, -0.05) is 172 Å². The van der Waals surface area contributed by atoms with E-state index >= 15 is 0 Å². The first-order chi connectivity index (χ1) is 24.6. The fraction of sp³-hybridized carbons (Fsp3) is 0.778. The molecule has 0 spiro atoms. The number of aliphatic hydroxyl groups is 1. The van der Waals surface area contributed by atoms with Crippen LogP contribution in [0.1, 0.15) is 206 Å². The predicted molar refractivity (Wildman–Crippen MR) is 214 cm³/mol. The Kier molecular flexibility index (Phi) is 39.5. The normalized spacial score (nSPS) is 12.6. The van der Waals surface area contributed by atoms with E-state index in [1.54, 1.807) is 0 Å². The number of hydrogen-bond acceptors (Lipinski definition) is 5. The molecule has 0 radical (unpaired) electrons. The Balaban J connectivity index is 3.43. The maximum atomic E-state index is 12.0. The van der Waals surface area contributed by atoms with Crippen LogP contribution in [0, 0.1) is 0 Å². The van der Waals surface area contributed by atoms with E-state index < -0.39 is 6.10 Å². The first kappa shape index (κ1) is 47.9. The molecule has 0 amide bonds. The maximum absolute atomic E-state index is 12.0. The van der Waals surface area contributed by atoms with Gasteiger partial charge in [-0.05, 0) is 70.6 Å². The van der Waals surface area contributed by atoms with Gasteiger partial charge in [0.25, 0.3) is 0 Å². The summed E-state index contributed by atoms with van der Waals surface area (Å²) in [5.74, 6) is -0.583. The highest BCUT2D eigenvalue weighted by Gasteiger charge is 2.12. The molecule has 0 aromatic carbocycles. The number of ether oxygens (including phenoxy) is 2. The van der Waals surface area contributed by atoms with Gasteiger partial charge in [-0.2, -0.15) is 0 Å². The minimum absolute atomic E-state index is 0.122. The van der Waals surface area contributed by atoms with Crippen molar-refractivity contribution in [3.05, 3.63) is 48.6 Å². The Labute approximate surface area is 309 Å². The van der Waals surface area contributed by atoms with Gasteiger partial charge in [0.05, 0.1) is 0 Å². The second kappa shape index (κ2) is 41.3. The zero-order valence-corrected chi connectivity index (χ0v) is 32.9. The first-order valence-electron chi connectivity index (χ1n) is 21.2. The Hall–Kier alpha value is -2.14. The summed E-state index contributed by atoms with van der Waals surface area (Å²) in [5.41, 5.74) is 0. The van der Waals surface area contributed by atoms with Crippen molar-refractivity contribution in [2.75, 3.05) is 13.2 Å². The molecule has 0 aliphatic heterocycles. The number of carbonyl (C=O) groups excluding carboxylic acids is 2. The lowest BCUT2D eigenvalue weighted by Crippen LogP contribution is -2.25. The van der Waals surface area contributed by atoms with E-state index in [9.17, 15) is 14.7 Å². The Bertz CT molecular complexity index is 842. The highest BCUT2D eigenvalue weighted by atomic mass is 16.6. The quantitative estimate of drug-likeness (QED) is 0.0394. The molecular formula is C45H80O5. The van der Waals surface area contributed by atoms with Crippen LogP contribution in [0.25, 0.3) is 0 Å². The Morgan fingerprint density at radius 3 is 1.16 bits per heavy atom. The third kappa shape index (κ3) is 40.3. The molecule has 0 unspecified atom stereocenters. The van der Waals surface area contributed by atoms with E-state index in [1.165, 1.54) is 116 Å². The van der Waals surface area contributed by atoms with Gasteiger partial charge in [-0.25, -0.2) is 0 Å². The molecular weight excluding hydrogens is 620 g/mol. The molecule has 0 aliphatic carbocycles. The fourth-order valence-corrected chi connectivity index (χ4v) is 5.86. The van der Waals surface area contributed by atoms with Crippen LogP contribution >= 0.6 is 0 Å². The molecule has 0 rings (SSSR count). The van der Waals surface area contributed by atoms with Crippen LogP contribution in [-0.4, -0.2) is 36.4 Å². The summed E-state index contributed by atoms with van der Waals surface area (Å²) >= 11 is 0. The van der Waals surface area contributed by atoms with Crippen LogP contribution in [0.15, 0.2) is 48.6 Å². The van der Waals surface area contributed by atoms with Crippen molar-refractivity contribution in [1.29, 1.82) is 0 Å². The summed E-state index contributed by atoms with van der Waals surface area (Å²) in [4.78, 5) is 24.0. The lowest BCUT2D eigenvalue weighted by molar-refractivity contribution is -0.152. The summed E-state index contributed by atoms with van der Waals surface area (Å²) in [7, 11) is 0. The van der Waals surface area contributed by atoms with Crippen molar-refractivity contribution in [2.45, 2.75) is 213 Å². The van der Waals surface area contributed by atoms with Crippen LogP contribution in [0.4, 0.5) is 0 Å². The number of unbranched alkanes of at least 4 members (excludes halogenated alkanes) is 22. The first-order valence-corrected chi connectivity index (χ1v) is 21.2. The molecule has 50 heavy (non-hydrogen) atoms. The van der Waals surface area contributed by atoms with Crippen LogP contribution < -0.4 is 0 Å². The SMILES string of the molecule is CC/C=C\C/C=C\C/C=C\CCCCCCCC(=O)OC[C@H](O)COC(=O)CCCCCCCCCCCCC/C=C\CCCCCCCC. The lowest BCUT2D eigenvalue weighted by Gasteiger charge is -2.12. The third-order valence-electron chi connectivity index (χ3n) is 9.05. The second-order valence-electron chi connectivity index (χ2n) is 14.1. The van der Waals surface area contributed by atoms with E-state index in [4.69, 9.17) is 9.47 Å². The van der Waals surface area contributed by atoms with Gasteiger partial charge in [0, 0.05) is 12.8 Å². The lowest BCUT2D eigenvalue weighted by atomic mass is 10.0. The summed E-state index contributed by atoms with van der Waals surface area (Å²) in [5, 5.41) is 10.0. The predicted octanol–water partition coefficient (Wildman–Crippen LogP) is 13.4. The number of esters is 2. The van der Waals surface area contributed by atoms with Crippen molar-refractivity contribution in [3.63, 3.8) is 0 Å². The van der Waals surface area contributed by atoms with Crippen molar-refractivity contribution in [2.24, 2.45) is 0 Å². The van der Waals surface area contributed by atoms with Gasteiger partial charge >= 0.3 is 11.9 Å². The van der Waals surface area contributed by atoms with Crippen molar-refractivity contribution >= 4 is 11.9 Å². The maximum Gasteiger partial charge on any atom is 0.305 e. The average molecular weight is 701 g/mol. The number of hydrogen-bond donors (Lipinski definition) is 1. The van der Waals surface area contributed by atoms with Gasteiger partial charge in [0.15, 0.2) is 0 Å². The number of carbonyl (C=O) groups is 2. The zero-order valence-electron chi connectivity index (χ0n) is 32.9. The fourth-order valence-electron chi connectivity index (χ4n) is 5.86. The van der Waals surface area contributed by atoms with Crippen molar-refractivity contribution in [1.82, 2.24) is 0 Å². The molecule has 5 nitrogen and oxygen atoms in total. The van der Waals surface area contributed by atoms with Crippen LogP contribution in [0.5, 0.6) is 0 Å². The van der Waals surface area contributed by atoms with E-state index in [-0.39, 0.29) is 25.2 Å². The summed E-state index contributed by atoms with van der Waals surface area (Å²) < 4.78 is 10.3. The molecule has 0 fully saturated rings. The molecule has 0 aromatic rings. The van der Waals surface area contributed by atoms with Gasteiger partial charge < -0.3 is 14.6 Å². The molecule has 0 saturated heterocycles. The molecule has 0 saturated carbocycles. The van der Waals surface area contributed by atoms with Gasteiger partial charge in [0.1, 0.15) is 19.3 Å². The molecule has 0 aliphatic rings. The van der Waals surface area contributed by atoms with Crippen molar-refractivity contribution in [3.8, 4) is 0 Å². The smallest absolute Gasteiger partial charge is 0.305 e. The standard InChI is InChI=1S/C45H80O5/c1-3-5-7-9-11-13-15-17-19-20-21-22-23-24-26-28-30-32-34-36-38-40-45(48)50-42-43(46)41-49-44(47)39-37-35-33-31-29-27-25-18-16-14-12-10-8-6-4-2/h6,8,12,14,17-19,25,43,46H,3-5,7,9-11,13,15-16,20-24,26-42H2,1-2H3/b8-6-,14-12-,19-17-,25-18-/t43-/m0/s1. The number of rotatable bonds is 38. The summed E-state index contributed by atoms with van der Waals surface area (Å²) in [6, 6.07) is 0. The van der Waals surface area contributed by atoms with Crippen LogP contribution in [0.3, 0.4) is 0 Å². The summed E-state index contributed by atoms with van der Waals surface area (Å²) in [6.07, 6.45) is 51.7. The van der Waals surface area contributed by atoms with Crippen LogP contribution in [0.2, 0.25) is 0 Å². The number of aliphatic hydroxyl groups excluding tert-OH is 1. The minimum Gasteiger partial charge on any atom is -0.463 e. The Morgan fingerprint density at radius 2 is 0.760 bits per heavy atom. The molecule has 5 heteroatoms. The summed E-state index contributed by atoms with van der Waals surface area (Å²) in [6.45, 7) is 4.18. The molecule has 1 atom stereocenters. The zero-order chi connectivity index (χ0) is 36.4. The van der Waals surface area contributed by atoms with Gasteiger partial charge in [-0.15, -0.1) is 0 Å². The average Bonchev–Trinajstić information content (AvgIpc) is 3.12. The molecule has 1 N–H and O–H groups in total. The largest absolute Gasteiger partial charge is 0.463 e. The highest BCUT2D eigenvalue weighted by Crippen LogP contribution is 2.14. The van der Waals surface area contributed by atoms with E-state index in [2.05, 4.69) is 62.5 Å². The highest BCUT2D eigenvalue weighted by molar-refractivity contribution is 5.69. The van der Waals surface area contributed by atoms with E-state index in [0.717, 1.165) is 64.2 Å². The van der Waals surface area contributed by atoms with Gasteiger partial charge in [0.2, 0.25) is 0 Å². The monoisotopic (exact) mass is 701 g/mol. The van der Waals surface area contributed by atoms with E-state index in [1.807, 2.05) is 0 Å². The van der Waals surface area contributed by atoms with Gasteiger partial charge in [-0.3, -0.25) is 9.59 Å². The molecule has 0 aromatic heterocycles. The van der Waals surface area contributed by atoms with Crippen molar-refractivity contribution < 1.29 is 24.2 Å². The topological polar surface area (TPSA) is 72.8 Å². The molecule has 290 valence electrons. The number of allylic oxidation sites excluding steroid dienone is 8. The van der Waals surface area contributed by atoms with Crippen LogP contribution in [-0.2, 0) is 19.1 Å². The Morgan fingerprint density at radius 1 is 0.440 bits per heavy atom. The van der Waals surface area contributed by atoms with E-state index in [0.29, 0.717) is 12.8 Å². The third-order valence-corrected chi connectivity index (χ3v) is 9.05.